The van der Waals surface area contributed by atoms with E-state index in [-0.39, 0.29) is 24.5 Å². The molecule has 1 N–H and O–H groups in total. The van der Waals surface area contributed by atoms with Crippen molar-refractivity contribution in [2.45, 2.75) is 63.6 Å². The number of carbonyl (C=O) groups is 1. The molecule has 2 aliphatic heterocycles. The molecule has 0 aromatic heterocycles. The number of rotatable bonds is 8. The van der Waals surface area contributed by atoms with Crippen LogP contribution in [0, 0.1) is 5.92 Å². The van der Waals surface area contributed by atoms with E-state index >= 15 is 0 Å². The second-order valence-corrected chi connectivity index (χ2v) is 9.86. The molecule has 0 bridgehead atoms. The first-order chi connectivity index (χ1) is 14.8. The zero-order valence-corrected chi connectivity index (χ0v) is 19.4. The lowest BCUT2D eigenvalue weighted by atomic mass is 9.78. The standard InChI is InChI=1S/C20H30BN5O6/c1-18(2)19(3,4)32-21(31-18)9-7-8-12-10-26(11-20(12,17(29)30)23-24-22)14-13(25(5)6)15(27)16(14)28/h12H,7-11H2,1-6H3,(H,29,30)/t12-,20-/m0/s1. The van der Waals surface area contributed by atoms with Crippen molar-refractivity contribution in [1.82, 2.24) is 0 Å². The molecule has 0 amide bonds. The fourth-order valence-electron chi connectivity index (χ4n) is 4.57. The number of azide groups is 1. The predicted octanol–water partition coefficient (Wildman–Crippen LogP) is 1.79. The van der Waals surface area contributed by atoms with Crippen molar-refractivity contribution in [3.05, 3.63) is 30.9 Å². The molecule has 2 atom stereocenters. The Balaban J connectivity index is 1.79. The first-order valence-electron chi connectivity index (χ1n) is 10.7. The summed E-state index contributed by atoms with van der Waals surface area (Å²) in [5, 5.41) is 13.7. The molecule has 1 aromatic carbocycles. The Morgan fingerprint density at radius 1 is 1.25 bits per heavy atom. The van der Waals surface area contributed by atoms with Gasteiger partial charge in [-0.2, -0.15) is 0 Å². The van der Waals surface area contributed by atoms with Crippen LogP contribution in [-0.2, 0) is 14.1 Å². The second kappa shape index (κ2) is 8.10. The van der Waals surface area contributed by atoms with E-state index in [4.69, 9.17) is 14.8 Å². The van der Waals surface area contributed by atoms with Crippen LogP contribution in [0.1, 0.15) is 40.5 Å². The lowest BCUT2D eigenvalue weighted by Gasteiger charge is -2.32. The van der Waals surface area contributed by atoms with Crippen LogP contribution in [0.25, 0.3) is 10.4 Å². The Morgan fingerprint density at radius 3 is 2.34 bits per heavy atom. The van der Waals surface area contributed by atoms with E-state index in [9.17, 15) is 19.5 Å². The van der Waals surface area contributed by atoms with Gasteiger partial charge in [0.2, 0.25) is 0 Å². The number of carboxylic acid groups (broad SMARTS) is 1. The topological polar surface area (TPSA) is 145 Å². The van der Waals surface area contributed by atoms with Gasteiger partial charge in [-0.1, -0.05) is 11.5 Å². The Hall–Kier alpha value is -2.56. The van der Waals surface area contributed by atoms with Crippen LogP contribution in [0.4, 0.5) is 11.4 Å². The van der Waals surface area contributed by atoms with Crippen LogP contribution in [0.3, 0.4) is 0 Å². The molecule has 0 aliphatic carbocycles. The van der Waals surface area contributed by atoms with Gasteiger partial charge in [0.25, 0.3) is 10.9 Å². The Labute approximate surface area is 186 Å². The zero-order valence-electron chi connectivity index (χ0n) is 19.4. The highest BCUT2D eigenvalue weighted by molar-refractivity contribution is 6.45. The third-order valence-corrected chi connectivity index (χ3v) is 7.06. The lowest BCUT2D eigenvalue weighted by molar-refractivity contribution is -0.144. The zero-order chi connectivity index (χ0) is 24.1. The van der Waals surface area contributed by atoms with Gasteiger partial charge in [0, 0.05) is 38.0 Å². The minimum absolute atomic E-state index is 0.167. The second-order valence-electron chi connectivity index (χ2n) is 9.86. The van der Waals surface area contributed by atoms with Crippen molar-refractivity contribution in [2.75, 3.05) is 37.0 Å². The van der Waals surface area contributed by atoms with E-state index in [1.165, 1.54) is 0 Å². The average molecular weight is 447 g/mol. The maximum absolute atomic E-state index is 12.3. The molecule has 0 spiro atoms. The summed E-state index contributed by atoms with van der Waals surface area (Å²) >= 11 is 0. The van der Waals surface area contributed by atoms with Gasteiger partial charge < -0.3 is 24.2 Å². The largest absolute Gasteiger partial charge is 0.481 e. The molecular weight excluding hydrogens is 417 g/mol. The highest BCUT2D eigenvalue weighted by Gasteiger charge is 2.54. The van der Waals surface area contributed by atoms with Gasteiger partial charge >= 0.3 is 13.1 Å². The van der Waals surface area contributed by atoms with E-state index in [2.05, 4.69) is 10.0 Å². The first-order valence-corrected chi connectivity index (χ1v) is 10.7. The molecule has 11 nitrogen and oxygen atoms in total. The summed E-state index contributed by atoms with van der Waals surface area (Å²) in [7, 11) is 2.89. The van der Waals surface area contributed by atoms with Crippen LogP contribution < -0.4 is 20.7 Å². The molecule has 2 aliphatic rings. The lowest BCUT2D eigenvalue weighted by Crippen LogP contribution is -2.47. The molecule has 2 heterocycles. The Kier molecular flexibility index (Phi) is 6.10. The Morgan fingerprint density at radius 2 is 1.84 bits per heavy atom. The van der Waals surface area contributed by atoms with E-state index in [1.807, 2.05) is 27.7 Å². The van der Waals surface area contributed by atoms with Crippen molar-refractivity contribution >= 4 is 24.5 Å². The highest BCUT2D eigenvalue weighted by Crippen LogP contribution is 2.41. The molecule has 2 fully saturated rings. The fourth-order valence-corrected chi connectivity index (χ4v) is 4.57. The van der Waals surface area contributed by atoms with Crippen LogP contribution in [-0.4, -0.2) is 62.1 Å². The monoisotopic (exact) mass is 447 g/mol. The van der Waals surface area contributed by atoms with E-state index < -0.39 is 46.6 Å². The minimum atomic E-state index is -1.73. The number of aliphatic carboxylic acids is 1. The molecule has 174 valence electrons. The Bertz CT molecular complexity index is 1010. The summed E-state index contributed by atoms with van der Waals surface area (Å²) in [6.45, 7) is 7.88. The van der Waals surface area contributed by atoms with Gasteiger partial charge in [-0.15, -0.1) is 0 Å². The van der Waals surface area contributed by atoms with Gasteiger partial charge in [0.15, 0.2) is 5.54 Å². The van der Waals surface area contributed by atoms with Crippen LogP contribution in [0.15, 0.2) is 14.7 Å². The number of anilines is 2. The molecule has 0 radical (unpaired) electrons. The first kappa shape index (κ1) is 24.1. The number of carboxylic acids is 1. The minimum Gasteiger partial charge on any atom is -0.481 e. The predicted molar refractivity (Wildman–Crippen MR) is 121 cm³/mol. The SMILES string of the molecule is CN(C)c1c(N2C[C@H](CCCB3OC(C)(C)C(C)(C)O3)[C@](N=[N+]=[N-])(C(=O)O)C2)c(=O)c1=O. The maximum atomic E-state index is 12.3. The molecule has 12 heteroatoms. The summed E-state index contributed by atoms with van der Waals surface area (Å²) in [5.41, 5.74) is 5.65. The van der Waals surface area contributed by atoms with Crippen molar-refractivity contribution < 1.29 is 19.2 Å². The summed E-state index contributed by atoms with van der Waals surface area (Å²) in [5.74, 6) is -1.79. The highest BCUT2D eigenvalue weighted by atomic mass is 16.7. The van der Waals surface area contributed by atoms with E-state index in [0.717, 1.165) is 0 Å². The van der Waals surface area contributed by atoms with Crippen LogP contribution in [0.2, 0.25) is 6.32 Å². The van der Waals surface area contributed by atoms with Crippen molar-refractivity contribution in [1.29, 1.82) is 0 Å². The summed E-state index contributed by atoms with van der Waals surface area (Å²) < 4.78 is 12.0. The van der Waals surface area contributed by atoms with E-state index in [0.29, 0.717) is 19.2 Å². The molecule has 2 saturated heterocycles. The van der Waals surface area contributed by atoms with Crippen molar-refractivity contribution in [3.63, 3.8) is 0 Å². The molecule has 0 saturated carbocycles. The summed E-state index contributed by atoms with van der Waals surface area (Å²) in [6, 6.07) is 0. The number of hydrogen-bond acceptors (Lipinski definition) is 8. The van der Waals surface area contributed by atoms with Crippen molar-refractivity contribution in [3.8, 4) is 0 Å². The van der Waals surface area contributed by atoms with E-state index in [1.54, 1.807) is 23.9 Å². The summed E-state index contributed by atoms with van der Waals surface area (Å²) in [4.78, 5) is 42.4. The number of nitrogens with zero attached hydrogens (tertiary/aromatic N) is 5. The third kappa shape index (κ3) is 3.76. The van der Waals surface area contributed by atoms with Gasteiger partial charge in [-0.3, -0.25) is 14.4 Å². The molecular formula is C20H30BN5O6. The molecule has 3 rings (SSSR count). The van der Waals surface area contributed by atoms with Crippen LogP contribution in [0.5, 0.6) is 0 Å². The average Bonchev–Trinajstić information content (AvgIpc) is 3.12. The van der Waals surface area contributed by atoms with Gasteiger partial charge in [0.05, 0.1) is 11.2 Å². The molecule has 32 heavy (non-hydrogen) atoms. The normalized spacial score (nSPS) is 26.4. The number of hydrogen-bond donors (Lipinski definition) is 1. The van der Waals surface area contributed by atoms with Gasteiger partial charge in [-0.05, 0) is 46.0 Å². The van der Waals surface area contributed by atoms with Crippen LogP contribution >= 0.6 is 0 Å². The molecule has 0 unspecified atom stereocenters. The third-order valence-electron chi connectivity index (χ3n) is 7.06. The maximum Gasteiger partial charge on any atom is 0.457 e. The molecule has 1 aromatic rings. The van der Waals surface area contributed by atoms with Gasteiger partial charge in [-0.25, -0.2) is 0 Å². The quantitative estimate of drug-likeness (QED) is 0.209. The fraction of sp³-hybridized carbons (Fsp3) is 0.750. The summed E-state index contributed by atoms with van der Waals surface area (Å²) in [6.07, 6.45) is 1.56. The van der Waals surface area contributed by atoms with Crippen molar-refractivity contribution in [2.24, 2.45) is 11.0 Å². The smallest absolute Gasteiger partial charge is 0.457 e. The van der Waals surface area contributed by atoms with Gasteiger partial charge in [0.1, 0.15) is 11.4 Å².